The lowest BCUT2D eigenvalue weighted by atomic mass is 10.1. The predicted molar refractivity (Wildman–Crippen MR) is 112 cm³/mol. The molecule has 0 saturated heterocycles. The number of amides is 1. The number of nitrogens with zero attached hydrogens (tertiary/aromatic N) is 1. The molecule has 2 aromatic carbocycles. The average Bonchev–Trinajstić information content (AvgIpc) is 3.02. The summed E-state index contributed by atoms with van der Waals surface area (Å²) in [6, 6.07) is 10.2. The first-order chi connectivity index (χ1) is 13.7. The van der Waals surface area contributed by atoms with E-state index < -0.39 is 15.9 Å². The fourth-order valence-corrected chi connectivity index (χ4v) is 4.54. The van der Waals surface area contributed by atoms with Crippen molar-refractivity contribution < 1.29 is 13.2 Å². The van der Waals surface area contributed by atoms with Crippen LogP contribution in [0.5, 0.6) is 0 Å². The van der Waals surface area contributed by atoms with Crippen molar-refractivity contribution in [3.63, 3.8) is 0 Å². The fourth-order valence-electron chi connectivity index (χ4n) is 3.79. The van der Waals surface area contributed by atoms with Crippen LogP contribution in [0.25, 0.3) is 10.9 Å². The van der Waals surface area contributed by atoms with E-state index >= 15 is 0 Å². The van der Waals surface area contributed by atoms with Crippen molar-refractivity contribution in [2.24, 2.45) is 0 Å². The number of pyridine rings is 1. The zero-order chi connectivity index (χ0) is 20.9. The molecular weight excluding hydrogens is 390 g/mol. The highest BCUT2D eigenvalue weighted by atomic mass is 32.2. The van der Waals surface area contributed by atoms with E-state index in [0.29, 0.717) is 16.6 Å². The van der Waals surface area contributed by atoms with Gasteiger partial charge in [-0.2, -0.15) is 0 Å². The van der Waals surface area contributed by atoms with Gasteiger partial charge >= 0.3 is 0 Å². The van der Waals surface area contributed by atoms with Gasteiger partial charge in [-0.3, -0.25) is 9.59 Å². The largest absolute Gasteiger partial charge is 0.343 e. The molecule has 4 rings (SSSR count). The average molecular weight is 411 g/mol. The molecule has 2 heterocycles. The molecule has 1 aromatic heterocycles. The molecule has 29 heavy (non-hydrogen) atoms. The summed E-state index contributed by atoms with van der Waals surface area (Å²) in [6.07, 6.45) is 2.41. The van der Waals surface area contributed by atoms with Crippen molar-refractivity contribution in [1.29, 1.82) is 0 Å². The third-order valence-corrected chi connectivity index (χ3v) is 6.82. The highest BCUT2D eigenvalue weighted by Gasteiger charge is 2.24. The molecule has 0 saturated carbocycles. The Morgan fingerprint density at radius 3 is 2.69 bits per heavy atom. The predicted octanol–water partition coefficient (Wildman–Crippen LogP) is 2.59. The number of anilines is 1. The first kappa shape index (κ1) is 19.4. The molecule has 7 nitrogen and oxygen atoms in total. The number of carbonyl (C=O) groups is 1. The summed E-state index contributed by atoms with van der Waals surface area (Å²) in [5, 5.41) is 3.22. The maximum Gasteiger partial charge on any atom is 0.261 e. The topological polar surface area (TPSA) is 97.3 Å². The van der Waals surface area contributed by atoms with Gasteiger partial charge in [0.2, 0.25) is 15.5 Å². The molecule has 0 bridgehead atoms. The van der Waals surface area contributed by atoms with Crippen molar-refractivity contribution in [2.45, 2.75) is 31.2 Å². The number of rotatable bonds is 4. The first-order valence-electron chi connectivity index (χ1n) is 9.25. The molecule has 8 heteroatoms. The molecule has 0 fully saturated rings. The number of carbonyl (C=O) groups excluding carboxylic acids is 1. The Hall–Kier alpha value is -2.97. The molecule has 150 valence electrons. The maximum atomic E-state index is 13.0. The smallest absolute Gasteiger partial charge is 0.261 e. The van der Waals surface area contributed by atoms with Crippen molar-refractivity contribution in [2.75, 3.05) is 12.4 Å². The molecule has 1 aliphatic heterocycles. The Kier molecular flexibility index (Phi) is 4.55. The van der Waals surface area contributed by atoms with Gasteiger partial charge in [0.25, 0.3) is 5.91 Å². The Bertz CT molecular complexity index is 1330. The van der Waals surface area contributed by atoms with Crippen LogP contribution in [0.15, 0.2) is 52.3 Å². The molecule has 2 N–H and O–H groups in total. The van der Waals surface area contributed by atoms with Crippen molar-refractivity contribution in [1.82, 2.24) is 9.29 Å². The number of para-hydroxylation sites is 1. The van der Waals surface area contributed by atoms with Gasteiger partial charge in [0.15, 0.2) is 0 Å². The van der Waals surface area contributed by atoms with Gasteiger partial charge in [0.05, 0.1) is 10.4 Å². The number of aryl methyl sites for hydroxylation is 1. The van der Waals surface area contributed by atoms with E-state index in [4.69, 9.17) is 0 Å². The van der Waals surface area contributed by atoms with Gasteiger partial charge in [-0.15, -0.1) is 0 Å². The van der Waals surface area contributed by atoms with Crippen LogP contribution in [0.1, 0.15) is 34.5 Å². The van der Waals surface area contributed by atoms with Crippen LogP contribution in [0.3, 0.4) is 0 Å². The number of sulfonamides is 1. The standard InChI is InChI=1S/C21H21N3O4S/c1-12-7-8-15(29(27,28)22-3)10-18(12)23-21(26)17-11-24-13(2)9-14-5-4-6-16(19(14)24)20(17)25/h4-8,10-11,13,22H,9H2,1-3H3,(H,23,26)/t13-/m0/s1. The lowest BCUT2D eigenvalue weighted by Gasteiger charge is -2.14. The van der Waals surface area contributed by atoms with Gasteiger partial charge in [-0.05, 0) is 56.6 Å². The minimum atomic E-state index is -3.65. The van der Waals surface area contributed by atoms with E-state index in [1.54, 1.807) is 25.3 Å². The molecule has 0 spiro atoms. The van der Waals surface area contributed by atoms with E-state index in [1.165, 1.54) is 19.2 Å². The summed E-state index contributed by atoms with van der Waals surface area (Å²) in [5.41, 5.74) is 2.70. The third kappa shape index (κ3) is 3.14. The molecule has 0 unspecified atom stereocenters. The lowest BCUT2D eigenvalue weighted by Crippen LogP contribution is -2.24. The van der Waals surface area contributed by atoms with Crippen LogP contribution in [0.2, 0.25) is 0 Å². The Balaban J connectivity index is 1.78. The Morgan fingerprint density at radius 2 is 1.97 bits per heavy atom. The molecule has 1 amide bonds. The summed E-state index contributed by atoms with van der Waals surface area (Å²) in [5.74, 6) is -0.563. The van der Waals surface area contributed by atoms with Crippen LogP contribution < -0.4 is 15.5 Å². The first-order valence-corrected chi connectivity index (χ1v) is 10.7. The van der Waals surface area contributed by atoms with E-state index in [-0.39, 0.29) is 21.9 Å². The van der Waals surface area contributed by atoms with Crippen molar-refractivity contribution in [3.8, 4) is 0 Å². The monoisotopic (exact) mass is 411 g/mol. The molecule has 1 aliphatic rings. The molecule has 0 radical (unpaired) electrons. The van der Waals surface area contributed by atoms with Crippen LogP contribution in [0, 0.1) is 6.92 Å². The van der Waals surface area contributed by atoms with Crippen LogP contribution in [-0.4, -0.2) is 25.9 Å². The van der Waals surface area contributed by atoms with E-state index in [9.17, 15) is 18.0 Å². The van der Waals surface area contributed by atoms with E-state index in [0.717, 1.165) is 17.5 Å². The van der Waals surface area contributed by atoms with Crippen LogP contribution in [0.4, 0.5) is 5.69 Å². The van der Waals surface area contributed by atoms with Crippen molar-refractivity contribution in [3.05, 3.63) is 69.5 Å². The molecule has 0 aliphatic carbocycles. The summed E-state index contributed by atoms with van der Waals surface area (Å²) >= 11 is 0. The number of nitrogens with one attached hydrogen (secondary N) is 2. The number of hydrogen-bond donors (Lipinski definition) is 2. The van der Waals surface area contributed by atoms with Gasteiger partial charge < -0.3 is 9.88 Å². The quantitative estimate of drug-likeness (QED) is 0.690. The number of hydrogen-bond acceptors (Lipinski definition) is 4. The minimum absolute atomic E-state index is 0.0321. The molecule has 3 aromatic rings. The van der Waals surface area contributed by atoms with Crippen molar-refractivity contribution >= 4 is 32.5 Å². The minimum Gasteiger partial charge on any atom is -0.343 e. The zero-order valence-electron chi connectivity index (χ0n) is 16.3. The zero-order valence-corrected chi connectivity index (χ0v) is 17.1. The van der Waals surface area contributed by atoms with Gasteiger partial charge in [0.1, 0.15) is 5.56 Å². The maximum absolute atomic E-state index is 13.0. The van der Waals surface area contributed by atoms with Gasteiger partial charge in [-0.1, -0.05) is 18.2 Å². The highest BCUT2D eigenvalue weighted by Crippen LogP contribution is 2.31. The fraction of sp³-hybridized carbons (Fsp3) is 0.238. The normalized spacial score (nSPS) is 15.6. The van der Waals surface area contributed by atoms with E-state index in [2.05, 4.69) is 10.0 Å². The number of benzene rings is 2. The second-order valence-electron chi connectivity index (χ2n) is 7.28. The summed E-state index contributed by atoms with van der Waals surface area (Å²) in [4.78, 5) is 26.0. The SMILES string of the molecule is CNS(=O)(=O)c1ccc(C)c(NC(=O)c2cn3c4c(cccc4c2=O)C[C@@H]3C)c1. The highest BCUT2D eigenvalue weighted by molar-refractivity contribution is 7.89. The van der Waals surface area contributed by atoms with Gasteiger partial charge in [0, 0.05) is 23.3 Å². The second-order valence-corrected chi connectivity index (χ2v) is 9.17. The summed E-state index contributed by atoms with van der Waals surface area (Å²) < 4.78 is 28.4. The summed E-state index contributed by atoms with van der Waals surface area (Å²) in [6.45, 7) is 3.80. The second kappa shape index (κ2) is 6.82. The number of aromatic nitrogens is 1. The third-order valence-electron chi connectivity index (χ3n) is 5.41. The Morgan fingerprint density at radius 1 is 1.21 bits per heavy atom. The molecule has 1 atom stereocenters. The van der Waals surface area contributed by atoms with Crippen LogP contribution in [-0.2, 0) is 16.4 Å². The summed E-state index contributed by atoms with van der Waals surface area (Å²) in [7, 11) is -2.33. The molecular formula is C21H21N3O4S. The lowest BCUT2D eigenvalue weighted by molar-refractivity contribution is 0.102. The van der Waals surface area contributed by atoms with E-state index in [1.807, 2.05) is 23.6 Å². The van der Waals surface area contributed by atoms with Gasteiger partial charge in [-0.25, -0.2) is 13.1 Å². The van der Waals surface area contributed by atoms with Crippen LogP contribution >= 0.6 is 0 Å². The Labute approximate surface area is 168 Å².